The Labute approximate surface area is 114 Å². The Balaban J connectivity index is 1.94. The third kappa shape index (κ3) is 3.09. The first-order chi connectivity index (χ1) is 7.65. The lowest BCUT2D eigenvalue weighted by Crippen LogP contribution is -2.26. The highest BCUT2D eigenvalue weighted by atomic mass is 79.9. The topological polar surface area (TPSA) is 12.5 Å². The molecular weight excluding hydrogens is 310 g/mol. The number of likely N-dealkylation sites (tertiary alicyclic amines) is 1. The maximum absolute atomic E-state index is 5.85. The fourth-order valence-corrected chi connectivity index (χ4v) is 2.41. The molecule has 1 unspecified atom stereocenters. The molecule has 2 rings (SSSR count). The van der Waals surface area contributed by atoms with Crippen LogP contribution in [0, 0.1) is 0 Å². The second kappa shape index (κ2) is 5.34. The van der Waals surface area contributed by atoms with Gasteiger partial charge in [0.15, 0.2) is 4.45 Å². The summed E-state index contributed by atoms with van der Waals surface area (Å²) in [5.74, 6) is 0.877. The molecule has 1 aliphatic rings. The van der Waals surface area contributed by atoms with E-state index in [4.69, 9.17) is 28.6 Å². The number of nitrogens with zero attached hydrogens (tertiary/aromatic N) is 1. The molecule has 1 aliphatic heterocycles. The van der Waals surface area contributed by atoms with Crippen molar-refractivity contribution in [3.63, 3.8) is 0 Å². The summed E-state index contributed by atoms with van der Waals surface area (Å²) in [6.07, 6.45) is 1.13. The third-order valence-electron chi connectivity index (χ3n) is 2.49. The van der Waals surface area contributed by atoms with Crippen molar-refractivity contribution in [3.05, 3.63) is 28.7 Å². The van der Waals surface area contributed by atoms with Gasteiger partial charge in [0.05, 0.1) is 6.54 Å². The van der Waals surface area contributed by atoms with E-state index in [-0.39, 0.29) is 6.10 Å². The maximum atomic E-state index is 5.85. The molecule has 1 heterocycles. The molecule has 0 N–H and O–H groups in total. The zero-order valence-electron chi connectivity index (χ0n) is 8.53. The van der Waals surface area contributed by atoms with E-state index < -0.39 is 0 Å². The Morgan fingerprint density at radius 1 is 1.56 bits per heavy atom. The number of halogens is 2. The van der Waals surface area contributed by atoms with Gasteiger partial charge in [0.2, 0.25) is 0 Å². The molecule has 16 heavy (non-hydrogen) atoms. The van der Waals surface area contributed by atoms with Crippen molar-refractivity contribution >= 4 is 44.2 Å². The minimum Gasteiger partial charge on any atom is -0.488 e. The molecule has 1 fully saturated rings. The molecule has 0 aromatic heterocycles. The zero-order valence-corrected chi connectivity index (χ0v) is 11.7. The van der Waals surface area contributed by atoms with E-state index in [1.54, 1.807) is 0 Å². The van der Waals surface area contributed by atoms with Gasteiger partial charge in [0, 0.05) is 17.4 Å². The van der Waals surface area contributed by atoms with Gasteiger partial charge < -0.3 is 9.64 Å². The quantitative estimate of drug-likeness (QED) is 0.471. The van der Waals surface area contributed by atoms with E-state index in [1.807, 2.05) is 29.2 Å². The predicted molar refractivity (Wildman–Crippen MR) is 73.2 cm³/mol. The number of hydrogen-bond donors (Lipinski definition) is 0. The first-order valence-electron chi connectivity index (χ1n) is 5.02. The van der Waals surface area contributed by atoms with Gasteiger partial charge in [0.25, 0.3) is 0 Å². The Morgan fingerprint density at radius 3 is 3.00 bits per heavy atom. The lowest BCUT2D eigenvalue weighted by Gasteiger charge is -2.16. The number of thiocarbonyl (C=S) groups is 1. The monoisotopic (exact) mass is 319 g/mol. The van der Waals surface area contributed by atoms with E-state index in [2.05, 4.69) is 15.9 Å². The average molecular weight is 321 g/mol. The summed E-state index contributed by atoms with van der Waals surface area (Å²) in [7, 11) is 0. The molecule has 0 spiro atoms. The van der Waals surface area contributed by atoms with Crippen molar-refractivity contribution in [2.24, 2.45) is 0 Å². The highest BCUT2D eigenvalue weighted by molar-refractivity contribution is 9.10. The van der Waals surface area contributed by atoms with Crippen LogP contribution in [-0.4, -0.2) is 28.5 Å². The highest BCUT2D eigenvalue weighted by Gasteiger charge is 2.24. The Morgan fingerprint density at radius 2 is 2.38 bits per heavy atom. The molecule has 1 aromatic rings. The number of rotatable bonds is 2. The molecule has 0 bridgehead atoms. The number of hydrogen-bond acceptors (Lipinski definition) is 2. The Kier molecular flexibility index (Phi) is 4.05. The van der Waals surface area contributed by atoms with Crippen LogP contribution >= 0.6 is 39.7 Å². The second-order valence-electron chi connectivity index (χ2n) is 3.68. The van der Waals surface area contributed by atoms with Crippen molar-refractivity contribution in [1.29, 1.82) is 0 Å². The molecule has 5 heteroatoms. The van der Waals surface area contributed by atoms with Gasteiger partial charge in [0.1, 0.15) is 11.9 Å². The van der Waals surface area contributed by atoms with Gasteiger partial charge in [-0.2, -0.15) is 0 Å². The lowest BCUT2D eigenvalue weighted by molar-refractivity contribution is 0.215. The van der Waals surface area contributed by atoms with Crippen LogP contribution in [0.2, 0.25) is 0 Å². The van der Waals surface area contributed by atoms with Crippen LogP contribution in [0.25, 0.3) is 0 Å². The molecule has 1 atom stereocenters. The molecule has 1 aromatic carbocycles. The fraction of sp³-hybridized carbons (Fsp3) is 0.364. The zero-order chi connectivity index (χ0) is 11.5. The molecule has 2 nitrogen and oxygen atoms in total. The van der Waals surface area contributed by atoms with Crippen LogP contribution < -0.4 is 4.74 Å². The van der Waals surface area contributed by atoms with Crippen molar-refractivity contribution in [2.45, 2.75) is 12.5 Å². The third-order valence-corrected chi connectivity index (χ3v) is 3.48. The molecule has 0 saturated carbocycles. The Hall–Kier alpha value is -0.320. The maximum Gasteiger partial charge on any atom is 0.170 e. The van der Waals surface area contributed by atoms with E-state index in [0.717, 1.165) is 29.7 Å². The fourth-order valence-electron chi connectivity index (χ4n) is 1.72. The summed E-state index contributed by atoms with van der Waals surface area (Å²) in [5, 5.41) is 0. The van der Waals surface area contributed by atoms with E-state index >= 15 is 0 Å². The van der Waals surface area contributed by atoms with E-state index in [1.165, 1.54) is 0 Å². The van der Waals surface area contributed by atoms with Crippen LogP contribution in [0.1, 0.15) is 6.42 Å². The molecule has 1 saturated heterocycles. The predicted octanol–water partition coefficient (Wildman–Crippen LogP) is 3.43. The summed E-state index contributed by atoms with van der Waals surface area (Å²) in [6, 6.07) is 7.84. The van der Waals surface area contributed by atoms with Crippen molar-refractivity contribution in [1.82, 2.24) is 4.90 Å². The van der Waals surface area contributed by atoms with Crippen molar-refractivity contribution < 1.29 is 4.74 Å². The normalized spacial score (nSPS) is 19.9. The van der Waals surface area contributed by atoms with Gasteiger partial charge >= 0.3 is 0 Å². The van der Waals surface area contributed by atoms with Crippen LogP contribution in [0.15, 0.2) is 28.7 Å². The van der Waals surface area contributed by atoms with Crippen LogP contribution in [-0.2, 0) is 0 Å². The first kappa shape index (κ1) is 12.1. The average Bonchev–Trinajstić information content (AvgIpc) is 2.66. The van der Waals surface area contributed by atoms with Crippen molar-refractivity contribution in [3.8, 4) is 5.75 Å². The number of benzene rings is 1. The van der Waals surface area contributed by atoms with Crippen LogP contribution in [0.4, 0.5) is 0 Å². The summed E-state index contributed by atoms with van der Waals surface area (Å²) >= 11 is 14.1. The van der Waals surface area contributed by atoms with E-state index in [9.17, 15) is 0 Å². The van der Waals surface area contributed by atoms with Crippen LogP contribution in [0.5, 0.6) is 5.75 Å². The molecule has 0 radical (unpaired) electrons. The van der Waals surface area contributed by atoms with E-state index in [0.29, 0.717) is 4.45 Å². The second-order valence-corrected chi connectivity index (χ2v) is 5.57. The van der Waals surface area contributed by atoms with Gasteiger partial charge in [-0.25, -0.2) is 0 Å². The standard InChI is InChI=1S/C11H11BrClNOS/c12-8-2-1-3-9(6-8)15-10-4-5-14(7-10)11(13)16/h1-3,6,10H,4-5,7H2. The molecular formula is C11H11BrClNOS. The SMILES string of the molecule is S=C(Cl)N1CCC(Oc2cccc(Br)c2)C1. The van der Waals surface area contributed by atoms with Crippen LogP contribution in [0.3, 0.4) is 0 Å². The number of ether oxygens (including phenoxy) is 1. The summed E-state index contributed by atoms with van der Waals surface area (Å²) in [4.78, 5) is 1.96. The minimum atomic E-state index is 0.172. The van der Waals surface area contributed by atoms with Gasteiger partial charge in [-0.3, -0.25) is 0 Å². The first-order valence-corrected chi connectivity index (χ1v) is 6.60. The van der Waals surface area contributed by atoms with Gasteiger partial charge in [-0.1, -0.05) is 33.6 Å². The summed E-state index contributed by atoms with van der Waals surface area (Å²) in [6.45, 7) is 1.65. The molecule has 0 aliphatic carbocycles. The smallest absolute Gasteiger partial charge is 0.170 e. The Bertz CT molecular complexity index is 401. The largest absolute Gasteiger partial charge is 0.488 e. The molecule has 0 amide bonds. The van der Waals surface area contributed by atoms with Gasteiger partial charge in [-0.15, -0.1) is 0 Å². The lowest BCUT2D eigenvalue weighted by atomic mass is 10.3. The van der Waals surface area contributed by atoms with Gasteiger partial charge in [-0.05, 0) is 30.4 Å². The summed E-state index contributed by atoms with van der Waals surface area (Å²) in [5.41, 5.74) is 0. The summed E-state index contributed by atoms with van der Waals surface area (Å²) < 4.78 is 7.30. The molecule has 86 valence electrons. The van der Waals surface area contributed by atoms with Crippen molar-refractivity contribution in [2.75, 3.05) is 13.1 Å². The highest BCUT2D eigenvalue weighted by Crippen LogP contribution is 2.22. The minimum absolute atomic E-state index is 0.172.